The molecule has 6 heteroatoms. The lowest BCUT2D eigenvalue weighted by Gasteiger charge is -2.23. The lowest BCUT2D eigenvalue weighted by atomic mass is 10.2. The Labute approximate surface area is 94.4 Å². The van der Waals surface area contributed by atoms with Gasteiger partial charge in [-0.15, -0.1) is 0 Å². The summed E-state index contributed by atoms with van der Waals surface area (Å²) in [5.41, 5.74) is 0. The van der Waals surface area contributed by atoms with Gasteiger partial charge in [-0.1, -0.05) is 23.2 Å². The van der Waals surface area contributed by atoms with Gasteiger partial charge >= 0.3 is 0 Å². The molecule has 84 valence electrons. The summed E-state index contributed by atoms with van der Waals surface area (Å²) in [6.07, 6.45) is 5.42. The molecular weight excluding hydrogens is 210 g/mol. The van der Waals surface area contributed by atoms with Gasteiger partial charge in [0.1, 0.15) is 0 Å². The van der Waals surface area contributed by atoms with Crippen LogP contribution in [0, 0.1) is 4.77 Å². The van der Waals surface area contributed by atoms with E-state index >= 15 is 0 Å². The lowest BCUT2D eigenvalue weighted by molar-refractivity contribution is 0.232. The van der Waals surface area contributed by atoms with Crippen LogP contribution in [0.4, 0.5) is 0 Å². The number of aromatic amines is 1. The zero-order chi connectivity index (χ0) is 10.7. The van der Waals surface area contributed by atoms with Gasteiger partial charge in [0.15, 0.2) is 0 Å². The Balaban J connectivity index is 1.82. The van der Waals surface area contributed by atoms with E-state index < -0.39 is 0 Å². The second kappa shape index (κ2) is 4.85. The molecule has 1 aromatic heterocycles. The summed E-state index contributed by atoms with van der Waals surface area (Å²) >= 11 is 5.01. The Morgan fingerprint density at radius 2 is 2.27 bits per heavy atom. The first-order chi connectivity index (χ1) is 7.27. The molecule has 1 aliphatic carbocycles. The van der Waals surface area contributed by atoms with Gasteiger partial charge < -0.3 is 4.90 Å². The third kappa shape index (κ3) is 2.63. The summed E-state index contributed by atoms with van der Waals surface area (Å²) in [6, 6.07) is 0.759. The molecule has 0 spiro atoms. The first-order valence-electron chi connectivity index (χ1n) is 5.45. The Hall–Kier alpha value is -0.750. The predicted octanol–water partition coefficient (Wildman–Crippen LogP) is 1.21. The highest BCUT2D eigenvalue weighted by Gasteiger charge is 2.18. The van der Waals surface area contributed by atoms with Gasteiger partial charge in [0.25, 0.3) is 0 Å². The Morgan fingerprint density at radius 1 is 1.53 bits per heavy atom. The number of likely N-dealkylation sites (N-methyl/N-ethyl adjacent to an activating group) is 1. The molecule has 1 saturated carbocycles. The summed E-state index contributed by atoms with van der Waals surface area (Å²) in [5, 5.41) is 10.2. The molecule has 0 aliphatic heterocycles. The molecule has 1 aromatic rings. The zero-order valence-electron chi connectivity index (χ0n) is 9.02. The molecule has 0 bridgehead atoms. The van der Waals surface area contributed by atoms with Gasteiger partial charge in [-0.05, 0) is 32.1 Å². The van der Waals surface area contributed by atoms with Crippen LogP contribution in [0.2, 0.25) is 0 Å². The predicted molar refractivity (Wildman–Crippen MR) is 60.1 cm³/mol. The lowest BCUT2D eigenvalue weighted by Crippen LogP contribution is -2.32. The van der Waals surface area contributed by atoms with E-state index in [9.17, 15) is 0 Å². The highest BCUT2D eigenvalue weighted by Crippen LogP contribution is 2.21. The number of hydrogen-bond acceptors (Lipinski definition) is 4. The molecule has 0 aromatic carbocycles. The van der Waals surface area contributed by atoms with Gasteiger partial charge in [-0.25, -0.2) is 4.68 Å². The van der Waals surface area contributed by atoms with Gasteiger partial charge in [-0.3, -0.25) is 0 Å². The number of nitrogens with one attached hydrogen (secondary N) is 1. The highest BCUT2D eigenvalue weighted by atomic mass is 32.1. The van der Waals surface area contributed by atoms with E-state index in [1.165, 1.54) is 25.7 Å². The molecule has 2 rings (SSSR count). The van der Waals surface area contributed by atoms with Crippen LogP contribution in [0.3, 0.4) is 0 Å². The average Bonchev–Trinajstić information content (AvgIpc) is 2.85. The third-order valence-corrected chi connectivity index (χ3v) is 3.46. The van der Waals surface area contributed by atoms with Crippen molar-refractivity contribution in [2.45, 2.75) is 38.3 Å². The zero-order valence-corrected chi connectivity index (χ0v) is 9.83. The van der Waals surface area contributed by atoms with Crippen LogP contribution in [0.15, 0.2) is 0 Å². The van der Waals surface area contributed by atoms with Gasteiger partial charge in [0, 0.05) is 12.6 Å². The van der Waals surface area contributed by atoms with E-state index in [-0.39, 0.29) is 0 Å². The van der Waals surface area contributed by atoms with Crippen LogP contribution in [-0.2, 0) is 6.54 Å². The van der Waals surface area contributed by atoms with E-state index in [0.717, 1.165) is 19.1 Å². The van der Waals surface area contributed by atoms with E-state index in [0.29, 0.717) is 4.77 Å². The standard InChI is InChI=1S/C9H17N5S/c1-13(8-4-2-3-5-8)6-7-14-9(15)10-11-12-14/h8H,2-7H2,1H3,(H,10,12,15). The number of tetrazole rings is 1. The molecular formula is C9H17N5S. The summed E-state index contributed by atoms with van der Waals surface area (Å²) in [6.45, 7) is 1.85. The van der Waals surface area contributed by atoms with Crippen LogP contribution in [0.1, 0.15) is 25.7 Å². The van der Waals surface area contributed by atoms with Crippen LogP contribution < -0.4 is 0 Å². The van der Waals surface area contributed by atoms with Crippen LogP contribution >= 0.6 is 12.2 Å². The highest BCUT2D eigenvalue weighted by molar-refractivity contribution is 7.71. The van der Waals surface area contributed by atoms with Crippen LogP contribution in [0.5, 0.6) is 0 Å². The minimum Gasteiger partial charge on any atom is -0.302 e. The van der Waals surface area contributed by atoms with E-state index in [2.05, 4.69) is 27.5 Å². The number of nitrogens with zero attached hydrogens (tertiary/aromatic N) is 4. The second-order valence-electron chi connectivity index (χ2n) is 4.15. The molecule has 0 saturated heterocycles. The third-order valence-electron chi connectivity index (χ3n) is 3.16. The first kappa shape index (κ1) is 10.8. The molecule has 15 heavy (non-hydrogen) atoms. The van der Waals surface area contributed by atoms with Crippen molar-refractivity contribution in [1.82, 2.24) is 25.1 Å². The van der Waals surface area contributed by atoms with E-state index in [4.69, 9.17) is 12.2 Å². The summed E-state index contributed by atoms with van der Waals surface area (Å²) < 4.78 is 2.34. The van der Waals surface area contributed by atoms with Crippen molar-refractivity contribution in [2.24, 2.45) is 0 Å². The minimum absolute atomic E-state index is 0.537. The summed E-state index contributed by atoms with van der Waals surface area (Å²) in [7, 11) is 2.18. The van der Waals surface area contributed by atoms with Gasteiger partial charge in [0.2, 0.25) is 4.77 Å². The Bertz CT molecular complexity index is 351. The minimum atomic E-state index is 0.537. The van der Waals surface area contributed by atoms with Crippen molar-refractivity contribution in [2.75, 3.05) is 13.6 Å². The van der Waals surface area contributed by atoms with Crippen LogP contribution in [0.25, 0.3) is 0 Å². The fraction of sp³-hybridized carbons (Fsp3) is 0.889. The molecule has 0 unspecified atom stereocenters. The number of rotatable bonds is 4. The fourth-order valence-electron chi connectivity index (χ4n) is 2.15. The molecule has 1 aliphatic rings. The SMILES string of the molecule is CN(CCn1[nH]nnc1=S)C1CCCC1. The monoisotopic (exact) mass is 227 g/mol. The van der Waals surface area contributed by atoms with E-state index in [1.54, 1.807) is 4.68 Å². The molecule has 1 fully saturated rings. The van der Waals surface area contributed by atoms with Crippen molar-refractivity contribution in [3.05, 3.63) is 4.77 Å². The Kier molecular flexibility index (Phi) is 3.48. The molecule has 5 nitrogen and oxygen atoms in total. The summed E-state index contributed by atoms with van der Waals surface area (Å²) in [5.74, 6) is 0. The van der Waals surface area contributed by atoms with Crippen molar-refractivity contribution >= 4 is 12.2 Å². The largest absolute Gasteiger partial charge is 0.302 e. The van der Waals surface area contributed by atoms with Crippen molar-refractivity contribution < 1.29 is 0 Å². The molecule has 0 amide bonds. The average molecular weight is 227 g/mol. The Morgan fingerprint density at radius 3 is 2.87 bits per heavy atom. The molecule has 0 radical (unpaired) electrons. The number of H-pyrrole nitrogens is 1. The quantitative estimate of drug-likeness (QED) is 0.786. The maximum atomic E-state index is 5.01. The van der Waals surface area contributed by atoms with Gasteiger partial charge in [-0.2, -0.15) is 5.21 Å². The first-order valence-corrected chi connectivity index (χ1v) is 5.86. The topological polar surface area (TPSA) is 49.7 Å². The van der Waals surface area contributed by atoms with E-state index in [1.807, 2.05) is 0 Å². The van der Waals surface area contributed by atoms with Gasteiger partial charge in [0.05, 0.1) is 6.54 Å². The smallest absolute Gasteiger partial charge is 0.238 e. The maximum Gasteiger partial charge on any atom is 0.238 e. The normalized spacial score (nSPS) is 17.7. The van der Waals surface area contributed by atoms with Crippen LogP contribution in [-0.4, -0.2) is 44.7 Å². The fourth-order valence-corrected chi connectivity index (χ4v) is 2.32. The van der Waals surface area contributed by atoms with Crippen molar-refractivity contribution in [3.8, 4) is 0 Å². The second-order valence-corrected chi connectivity index (χ2v) is 4.52. The number of aromatic nitrogens is 4. The van der Waals surface area contributed by atoms with Crippen molar-refractivity contribution in [3.63, 3.8) is 0 Å². The molecule has 1 N–H and O–H groups in total. The van der Waals surface area contributed by atoms with Crippen molar-refractivity contribution in [1.29, 1.82) is 0 Å². The number of hydrogen-bond donors (Lipinski definition) is 1. The molecule has 1 heterocycles. The molecule has 0 atom stereocenters. The maximum absolute atomic E-state index is 5.01. The summed E-state index contributed by atoms with van der Waals surface area (Å²) in [4.78, 5) is 2.41.